The first kappa shape index (κ1) is 14.7. The first-order valence-corrected chi connectivity index (χ1v) is 7.89. The van der Waals surface area contributed by atoms with Crippen molar-refractivity contribution < 1.29 is 13.3 Å². The maximum absolute atomic E-state index is 12.7. The minimum atomic E-state index is -4.01. The molecular weight excluding hydrogens is 278 g/mol. The van der Waals surface area contributed by atoms with Crippen LogP contribution < -0.4 is 0 Å². The van der Waals surface area contributed by atoms with Crippen molar-refractivity contribution in [3.63, 3.8) is 0 Å². The van der Waals surface area contributed by atoms with Gasteiger partial charge < -0.3 is 0 Å². The Kier molecular flexibility index (Phi) is 3.69. The lowest BCUT2D eigenvalue weighted by Gasteiger charge is -2.30. The predicted octanol–water partition coefficient (Wildman–Crippen LogP) is 2.95. The number of nitro groups is 1. The molecule has 0 aromatic heterocycles. The molecule has 0 spiro atoms. The largest absolute Gasteiger partial charge is 0.327 e. The average Bonchev–Trinajstić information content (AvgIpc) is 2.42. The molecule has 1 unspecified atom stereocenters. The summed E-state index contributed by atoms with van der Waals surface area (Å²) in [7, 11) is -4.01. The Morgan fingerprint density at radius 2 is 1.75 bits per heavy atom. The fourth-order valence-corrected chi connectivity index (χ4v) is 4.48. The molecule has 20 heavy (non-hydrogen) atoms. The molecule has 1 aliphatic rings. The lowest BCUT2D eigenvalue weighted by molar-refractivity contribution is -0.542. The SMILES string of the molecule is CC1=C(C)CC([N+](=O)[O-])(S(=O)(=O)c2ccccc2)CC1. The van der Waals surface area contributed by atoms with E-state index < -0.39 is 19.6 Å². The first-order valence-electron chi connectivity index (χ1n) is 6.41. The van der Waals surface area contributed by atoms with Crippen molar-refractivity contribution in [3.05, 3.63) is 51.6 Å². The molecule has 0 fully saturated rings. The van der Waals surface area contributed by atoms with Gasteiger partial charge in [0.25, 0.3) is 0 Å². The summed E-state index contributed by atoms with van der Waals surface area (Å²) in [5.41, 5.74) is 1.85. The zero-order chi connectivity index (χ0) is 15.0. The third-order valence-electron chi connectivity index (χ3n) is 4.05. The van der Waals surface area contributed by atoms with E-state index in [0.29, 0.717) is 6.42 Å². The number of benzene rings is 1. The van der Waals surface area contributed by atoms with Crippen molar-refractivity contribution in [3.8, 4) is 0 Å². The van der Waals surface area contributed by atoms with Gasteiger partial charge in [0.2, 0.25) is 9.84 Å². The molecule has 1 aromatic rings. The summed E-state index contributed by atoms with van der Waals surface area (Å²) in [4.78, 5) is 9.02. The van der Waals surface area contributed by atoms with Crippen LogP contribution in [0.25, 0.3) is 0 Å². The molecule has 0 bridgehead atoms. The Labute approximate surface area is 118 Å². The Morgan fingerprint density at radius 3 is 2.25 bits per heavy atom. The van der Waals surface area contributed by atoms with Crippen molar-refractivity contribution in [1.29, 1.82) is 0 Å². The molecular formula is C14H17NO4S. The minimum absolute atomic E-state index is 0.0176. The summed E-state index contributed by atoms with van der Waals surface area (Å²) >= 11 is 0. The summed E-state index contributed by atoms with van der Waals surface area (Å²) in [6, 6.07) is 7.69. The van der Waals surface area contributed by atoms with Gasteiger partial charge in [-0.3, -0.25) is 10.1 Å². The normalized spacial score (nSPS) is 23.7. The molecule has 6 heteroatoms. The smallest absolute Gasteiger partial charge is 0.263 e. The molecule has 2 rings (SSSR count). The molecule has 0 aliphatic heterocycles. The summed E-state index contributed by atoms with van der Waals surface area (Å²) in [5.74, 6) is 0. The van der Waals surface area contributed by atoms with Gasteiger partial charge in [0.1, 0.15) is 0 Å². The first-order chi connectivity index (χ1) is 9.31. The lowest BCUT2D eigenvalue weighted by atomic mass is 9.90. The van der Waals surface area contributed by atoms with Crippen molar-refractivity contribution in [2.45, 2.75) is 42.9 Å². The maximum Gasteiger partial charge on any atom is 0.327 e. The van der Waals surface area contributed by atoms with Crippen LogP contribution in [-0.4, -0.2) is 18.2 Å². The van der Waals surface area contributed by atoms with Crippen molar-refractivity contribution in [2.24, 2.45) is 0 Å². The molecule has 1 aromatic carbocycles. The highest BCUT2D eigenvalue weighted by atomic mass is 32.2. The number of hydrogen-bond donors (Lipinski definition) is 0. The molecule has 0 amide bonds. The quantitative estimate of drug-likeness (QED) is 0.488. The van der Waals surface area contributed by atoms with Crippen molar-refractivity contribution >= 4 is 9.84 Å². The second kappa shape index (κ2) is 5.01. The fraction of sp³-hybridized carbons (Fsp3) is 0.429. The monoisotopic (exact) mass is 295 g/mol. The van der Waals surface area contributed by atoms with E-state index in [0.717, 1.165) is 11.1 Å². The van der Waals surface area contributed by atoms with E-state index in [9.17, 15) is 18.5 Å². The third-order valence-corrected chi connectivity index (χ3v) is 6.44. The molecule has 0 saturated carbocycles. The number of rotatable bonds is 3. The molecule has 108 valence electrons. The van der Waals surface area contributed by atoms with Crippen LogP contribution in [0.5, 0.6) is 0 Å². The topological polar surface area (TPSA) is 77.3 Å². The second-order valence-corrected chi connectivity index (χ2v) is 7.50. The molecule has 0 N–H and O–H groups in total. The van der Waals surface area contributed by atoms with E-state index >= 15 is 0 Å². The summed E-state index contributed by atoms with van der Waals surface area (Å²) < 4.78 is 25.5. The van der Waals surface area contributed by atoms with Crippen molar-refractivity contribution in [1.82, 2.24) is 0 Å². The van der Waals surface area contributed by atoms with Gasteiger partial charge in [-0.05, 0) is 32.4 Å². The van der Waals surface area contributed by atoms with Gasteiger partial charge in [-0.25, -0.2) is 8.42 Å². The van der Waals surface area contributed by atoms with E-state index in [4.69, 9.17) is 0 Å². The molecule has 5 nitrogen and oxygen atoms in total. The minimum Gasteiger partial charge on any atom is -0.263 e. The van der Waals surface area contributed by atoms with Crippen LogP contribution in [0.3, 0.4) is 0 Å². The van der Waals surface area contributed by atoms with E-state index in [1.54, 1.807) is 25.1 Å². The highest BCUT2D eigenvalue weighted by Crippen LogP contribution is 2.41. The fourth-order valence-electron chi connectivity index (χ4n) is 2.55. The second-order valence-electron chi connectivity index (χ2n) is 5.26. The van der Waals surface area contributed by atoms with Crippen LogP contribution in [0.1, 0.15) is 33.1 Å². The summed E-state index contributed by atoms with van der Waals surface area (Å²) in [6.45, 7) is 3.67. The van der Waals surface area contributed by atoms with Crippen LogP contribution >= 0.6 is 0 Å². The highest BCUT2D eigenvalue weighted by molar-refractivity contribution is 7.92. The number of hydrogen-bond acceptors (Lipinski definition) is 4. The standard InChI is InChI=1S/C14H17NO4S/c1-11-8-9-14(15(16)17,10-12(11)2)20(18,19)13-6-4-3-5-7-13/h3-7H,8-10H2,1-2H3. The highest BCUT2D eigenvalue weighted by Gasteiger charge is 2.57. The van der Waals surface area contributed by atoms with Gasteiger partial charge >= 0.3 is 4.87 Å². The van der Waals surface area contributed by atoms with Crippen LogP contribution in [0.2, 0.25) is 0 Å². The van der Waals surface area contributed by atoms with Gasteiger partial charge in [-0.15, -0.1) is 0 Å². The lowest BCUT2D eigenvalue weighted by Crippen LogP contribution is -2.48. The van der Waals surface area contributed by atoms with Gasteiger partial charge in [0.15, 0.2) is 0 Å². The van der Waals surface area contributed by atoms with Gasteiger partial charge in [0, 0.05) is 11.3 Å². The number of sulfone groups is 1. The summed E-state index contributed by atoms with van der Waals surface area (Å²) in [5, 5.41) is 11.6. The van der Waals surface area contributed by atoms with Crippen LogP contribution in [0.15, 0.2) is 46.4 Å². The predicted molar refractivity (Wildman–Crippen MR) is 75.6 cm³/mol. The zero-order valence-corrected chi connectivity index (χ0v) is 12.3. The Hall–Kier alpha value is -1.69. The molecule has 0 heterocycles. The maximum atomic E-state index is 12.7. The van der Waals surface area contributed by atoms with Crippen molar-refractivity contribution in [2.75, 3.05) is 0 Å². The van der Waals surface area contributed by atoms with Crippen LogP contribution in [0.4, 0.5) is 0 Å². The Bertz CT molecular complexity index is 664. The molecule has 1 atom stereocenters. The average molecular weight is 295 g/mol. The van der Waals surface area contributed by atoms with E-state index in [2.05, 4.69) is 0 Å². The number of nitrogens with zero attached hydrogens (tertiary/aromatic N) is 1. The molecule has 0 saturated heterocycles. The van der Waals surface area contributed by atoms with Gasteiger partial charge in [0.05, 0.1) is 11.3 Å². The van der Waals surface area contributed by atoms with E-state index in [1.165, 1.54) is 12.1 Å². The molecule has 0 radical (unpaired) electrons. The number of allylic oxidation sites excluding steroid dienone is 1. The third kappa shape index (κ3) is 2.14. The Morgan fingerprint density at radius 1 is 1.15 bits per heavy atom. The zero-order valence-electron chi connectivity index (χ0n) is 11.5. The van der Waals surface area contributed by atoms with E-state index in [-0.39, 0.29) is 17.7 Å². The van der Waals surface area contributed by atoms with Crippen LogP contribution in [-0.2, 0) is 9.84 Å². The van der Waals surface area contributed by atoms with Crippen LogP contribution in [0, 0.1) is 10.1 Å². The Balaban J connectivity index is 2.59. The van der Waals surface area contributed by atoms with Gasteiger partial charge in [-0.2, -0.15) is 0 Å². The molecule has 1 aliphatic carbocycles. The van der Waals surface area contributed by atoms with Gasteiger partial charge in [-0.1, -0.05) is 29.3 Å². The van der Waals surface area contributed by atoms with E-state index in [1.807, 2.05) is 6.92 Å². The summed E-state index contributed by atoms with van der Waals surface area (Å²) in [6.07, 6.45) is 0.433.